The van der Waals surface area contributed by atoms with Gasteiger partial charge >= 0.3 is 0 Å². The quantitative estimate of drug-likeness (QED) is 0.515. The summed E-state index contributed by atoms with van der Waals surface area (Å²) in [6.07, 6.45) is 10.1. The van der Waals surface area contributed by atoms with E-state index in [9.17, 15) is 4.39 Å². The fourth-order valence-electron chi connectivity index (χ4n) is 4.22. The van der Waals surface area contributed by atoms with E-state index in [1.54, 1.807) is 18.5 Å². The van der Waals surface area contributed by atoms with Gasteiger partial charge in [0.05, 0.1) is 5.56 Å². The van der Waals surface area contributed by atoms with Crippen molar-refractivity contribution in [2.24, 2.45) is 5.92 Å². The second-order valence-corrected chi connectivity index (χ2v) is 7.85. The lowest BCUT2D eigenvalue weighted by molar-refractivity contribution is 0.319. The van der Waals surface area contributed by atoms with Crippen molar-refractivity contribution in [2.45, 2.75) is 44.9 Å². The molecule has 0 atom stereocenters. The monoisotopic (exact) mass is 385 g/mol. The van der Waals surface area contributed by atoms with E-state index in [1.165, 1.54) is 49.8 Å². The predicted molar refractivity (Wildman–Crippen MR) is 113 cm³/mol. The second-order valence-electron chi connectivity index (χ2n) is 7.85. The van der Waals surface area contributed by atoms with Gasteiger partial charge < -0.3 is 0 Å². The topological polar surface area (TPSA) is 49.6 Å². The molecule has 1 aliphatic rings. The van der Waals surface area contributed by atoms with Crippen molar-refractivity contribution in [2.75, 3.05) is 0 Å². The van der Waals surface area contributed by atoms with Crippen LogP contribution in [-0.2, 0) is 0 Å². The van der Waals surface area contributed by atoms with Crippen LogP contribution < -0.4 is 0 Å². The number of nitrogens with zero attached hydrogens (tertiary/aromatic N) is 3. The van der Waals surface area contributed by atoms with Crippen LogP contribution in [0, 0.1) is 23.1 Å². The van der Waals surface area contributed by atoms with Crippen LogP contribution in [0.5, 0.6) is 0 Å². The van der Waals surface area contributed by atoms with E-state index < -0.39 is 5.82 Å². The van der Waals surface area contributed by atoms with Crippen molar-refractivity contribution in [1.82, 2.24) is 9.97 Å². The first-order chi connectivity index (χ1) is 14.2. The molecule has 146 valence electrons. The smallest absolute Gasteiger partial charge is 0.159 e. The highest BCUT2D eigenvalue weighted by molar-refractivity contribution is 5.64. The van der Waals surface area contributed by atoms with Crippen LogP contribution in [0.2, 0.25) is 0 Å². The zero-order valence-electron chi connectivity index (χ0n) is 16.6. The molecule has 0 bridgehead atoms. The van der Waals surface area contributed by atoms with Gasteiger partial charge in [-0.05, 0) is 66.8 Å². The minimum atomic E-state index is -0.554. The van der Waals surface area contributed by atoms with E-state index in [2.05, 4.69) is 41.2 Å². The molecule has 0 saturated heterocycles. The number of aromatic nitrogens is 2. The molecule has 0 unspecified atom stereocenters. The summed E-state index contributed by atoms with van der Waals surface area (Å²) >= 11 is 0. The van der Waals surface area contributed by atoms with Crippen LogP contribution >= 0.6 is 0 Å². The van der Waals surface area contributed by atoms with Crippen LogP contribution in [0.25, 0.3) is 22.5 Å². The van der Waals surface area contributed by atoms with Crippen molar-refractivity contribution >= 4 is 0 Å². The Labute approximate surface area is 171 Å². The summed E-state index contributed by atoms with van der Waals surface area (Å²) in [5.41, 5.74) is 4.02. The molecule has 0 spiro atoms. The molecular formula is C25H24FN3. The van der Waals surface area contributed by atoms with Crippen LogP contribution in [-0.4, -0.2) is 9.97 Å². The van der Waals surface area contributed by atoms with Crippen LogP contribution in [0.3, 0.4) is 0 Å². The lowest BCUT2D eigenvalue weighted by Gasteiger charge is -2.28. The first-order valence-corrected chi connectivity index (χ1v) is 10.3. The van der Waals surface area contributed by atoms with Gasteiger partial charge in [0, 0.05) is 23.5 Å². The zero-order valence-corrected chi connectivity index (χ0v) is 16.6. The minimum absolute atomic E-state index is 0.0219. The van der Waals surface area contributed by atoms with E-state index >= 15 is 0 Å². The molecule has 1 aliphatic carbocycles. The Kier molecular flexibility index (Phi) is 5.67. The SMILES string of the molecule is CC[C@H]1CC[C@H](c2ccc(-c3cnc(-c4ccc(C#N)c(F)c4)nc3)cc2)CC1. The molecule has 4 rings (SSSR count). The van der Waals surface area contributed by atoms with E-state index in [-0.39, 0.29) is 5.56 Å². The summed E-state index contributed by atoms with van der Waals surface area (Å²) < 4.78 is 13.8. The number of hydrogen-bond donors (Lipinski definition) is 0. The van der Waals surface area contributed by atoms with Gasteiger partial charge in [0.15, 0.2) is 5.82 Å². The van der Waals surface area contributed by atoms with Crippen molar-refractivity contribution in [3.63, 3.8) is 0 Å². The Hall–Kier alpha value is -3.06. The molecule has 4 heteroatoms. The Morgan fingerprint density at radius 2 is 1.59 bits per heavy atom. The summed E-state index contributed by atoms with van der Waals surface area (Å²) in [5.74, 6) is 1.48. The highest BCUT2D eigenvalue weighted by atomic mass is 19.1. The third-order valence-electron chi connectivity index (χ3n) is 6.14. The molecule has 0 N–H and O–H groups in total. The maximum absolute atomic E-state index is 13.8. The van der Waals surface area contributed by atoms with Crippen molar-refractivity contribution in [3.05, 3.63) is 71.8 Å². The molecule has 2 aromatic carbocycles. The molecule has 0 radical (unpaired) electrons. The molecule has 3 nitrogen and oxygen atoms in total. The highest BCUT2D eigenvalue weighted by Crippen LogP contribution is 2.37. The molecule has 1 fully saturated rings. The number of rotatable bonds is 4. The second kappa shape index (κ2) is 8.53. The minimum Gasteiger partial charge on any atom is -0.236 e. The summed E-state index contributed by atoms with van der Waals surface area (Å²) in [4.78, 5) is 8.78. The van der Waals surface area contributed by atoms with Crippen LogP contribution in [0.4, 0.5) is 4.39 Å². The maximum atomic E-state index is 13.8. The first-order valence-electron chi connectivity index (χ1n) is 10.3. The van der Waals surface area contributed by atoms with E-state index in [0.29, 0.717) is 17.3 Å². The van der Waals surface area contributed by atoms with Gasteiger partial charge in [0.25, 0.3) is 0 Å². The van der Waals surface area contributed by atoms with Gasteiger partial charge in [0.2, 0.25) is 0 Å². The zero-order chi connectivity index (χ0) is 20.2. The third-order valence-corrected chi connectivity index (χ3v) is 6.14. The maximum Gasteiger partial charge on any atom is 0.159 e. The number of nitriles is 1. The van der Waals surface area contributed by atoms with Gasteiger partial charge in [-0.2, -0.15) is 5.26 Å². The molecule has 1 saturated carbocycles. The lowest BCUT2D eigenvalue weighted by Crippen LogP contribution is -2.12. The fraction of sp³-hybridized carbons (Fsp3) is 0.320. The van der Waals surface area contributed by atoms with E-state index in [1.807, 2.05) is 6.07 Å². The van der Waals surface area contributed by atoms with E-state index in [4.69, 9.17) is 5.26 Å². The Bertz CT molecular complexity index is 1010. The van der Waals surface area contributed by atoms with Crippen molar-refractivity contribution in [1.29, 1.82) is 5.26 Å². The molecule has 0 aliphatic heterocycles. The van der Waals surface area contributed by atoms with Gasteiger partial charge in [-0.25, -0.2) is 14.4 Å². The summed E-state index contributed by atoms with van der Waals surface area (Å²) in [6, 6.07) is 15.0. The predicted octanol–water partition coefficient (Wildman–Crippen LogP) is 6.51. The number of hydrogen-bond acceptors (Lipinski definition) is 3. The summed E-state index contributed by atoms with van der Waals surface area (Å²) in [5, 5.41) is 8.85. The number of benzene rings is 2. The summed E-state index contributed by atoms with van der Waals surface area (Å²) in [6.45, 7) is 2.30. The highest BCUT2D eigenvalue weighted by Gasteiger charge is 2.21. The Balaban J connectivity index is 1.48. The molecule has 1 heterocycles. The molecular weight excluding hydrogens is 361 g/mol. The van der Waals surface area contributed by atoms with Gasteiger partial charge in [-0.3, -0.25) is 0 Å². The first kappa shape index (κ1) is 19.3. The fourth-order valence-corrected chi connectivity index (χ4v) is 4.22. The average Bonchev–Trinajstić information content (AvgIpc) is 2.79. The third kappa shape index (κ3) is 4.19. The molecule has 3 aromatic rings. The van der Waals surface area contributed by atoms with Gasteiger partial charge in [0.1, 0.15) is 11.9 Å². The molecule has 1 aromatic heterocycles. The van der Waals surface area contributed by atoms with E-state index in [0.717, 1.165) is 17.0 Å². The van der Waals surface area contributed by atoms with Crippen LogP contribution in [0.1, 0.15) is 56.1 Å². The average molecular weight is 385 g/mol. The normalized spacial score (nSPS) is 18.9. The van der Waals surface area contributed by atoms with Gasteiger partial charge in [-0.15, -0.1) is 0 Å². The lowest BCUT2D eigenvalue weighted by atomic mass is 9.78. The summed E-state index contributed by atoms with van der Waals surface area (Å²) in [7, 11) is 0. The largest absolute Gasteiger partial charge is 0.236 e. The standard InChI is InChI=1S/C25H24FN3/c1-2-17-3-5-18(6-4-17)19-7-9-20(10-8-19)23-15-28-25(29-16-23)21-11-12-22(14-27)24(26)13-21/h7-13,15-18H,2-6H2,1H3/t17-,18-. The van der Waals surface area contributed by atoms with Crippen LogP contribution in [0.15, 0.2) is 54.9 Å². The molecule has 29 heavy (non-hydrogen) atoms. The van der Waals surface area contributed by atoms with Gasteiger partial charge in [-0.1, -0.05) is 37.6 Å². The van der Waals surface area contributed by atoms with Crippen molar-refractivity contribution in [3.8, 4) is 28.6 Å². The Morgan fingerprint density at radius 3 is 2.17 bits per heavy atom. The number of halogens is 1. The Morgan fingerprint density at radius 1 is 0.931 bits per heavy atom. The van der Waals surface area contributed by atoms with Crippen molar-refractivity contribution < 1.29 is 4.39 Å². The molecule has 0 amide bonds.